The second kappa shape index (κ2) is 6.17. The van der Waals surface area contributed by atoms with Gasteiger partial charge in [0.05, 0.1) is 6.61 Å². The number of rotatable bonds is 5. The zero-order chi connectivity index (χ0) is 14.7. The van der Waals surface area contributed by atoms with Crippen molar-refractivity contribution in [2.45, 2.75) is 38.5 Å². The lowest BCUT2D eigenvalue weighted by Crippen LogP contribution is -2.06. The molecule has 1 aromatic carbocycles. The molecule has 110 valence electrons. The molecule has 2 aromatic rings. The summed E-state index contributed by atoms with van der Waals surface area (Å²) >= 11 is 0. The number of hydrogen-bond donors (Lipinski definition) is 1. The first-order valence-corrected chi connectivity index (χ1v) is 7.70. The number of aryl methyl sites for hydroxylation is 2. The molecule has 0 spiro atoms. The Kier molecular flexibility index (Phi) is 4.09. The van der Waals surface area contributed by atoms with E-state index in [2.05, 4.69) is 29.2 Å². The lowest BCUT2D eigenvalue weighted by Gasteiger charge is -2.10. The summed E-state index contributed by atoms with van der Waals surface area (Å²) in [5.41, 5.74) is 4.51. The molecule has 0 aliphatic heterocycles. The van der Waals surface area contributed by atoms with Gasteiger partial charge in [0, 0.05) is 5.69 Å². The molecule has 1 aliphatic carbocycles. The van der Waals surface area contributed by atoms with Gasteiger partial charge in [-0.25, -0.2) is 4.79 Å². The van der Waals surface area contributed by atoms with Crippen LogP contribution in [-0.4, -0.2) is 17.6 Å². The molecule has 0 saturated carbocycles. The molecule has 1 atom stereocenters. The molecule has 1 heterocycles. The number of H-pyrrole nitrogens is 1. The Morgan fingerprint density at radius 3 is 2.90 bits per heavy atom. The van der Waals surface area contributed by atoms with Crippen LogP contribution in [0.5, 0.6) is 0 Å². The predicted octanol–water partition coefficient (Wildman–Crippen LogP) is 3.85. The van der Waals surface area contributed by atoms with Crippen LogP contribution in [0.4, 0.5) is 0 Å². The zero-order valence-electron chi connectivity index (χ0n) is 12.4. The summed E-state index contributed by atoms with van der Waals surface area (Å²) in [5.74, 6) is 0.289. The van der Waals surface area contributed by atoms with E-state index in [1.54, 1.807) is 0 Å². The van der Waals surface area contributed by atoms with Crippen LogP contribution < -0.4 is 0 Å². The summed E-state index contributed by atoms with van der Waals surface area (Å²) < 4.78 is 5.06. The van der Waals surface area contributed by atoms with Crippen molar-refractivity contribution < 1.29 is 9.53 Å². The van der Waals surface area contributed by atoms with E-state index < -0.39 is 0 Å². The molecule has 21 heavy (non-hydrogen) atoms. The number of carbonyl (C=O) groups is 1. The summed E-state index contributed by atoms with van der Waals surface area (Å²) in [6, 6.07) is 12.5. The lowest BCUT2D eigenvalue weighted by atomic mass is 9.97. The molecule has 0 amide bonds. The van der Waals surface area contributed by atoms with E-state index in [1.165, 1.54) is 23.2 Å². The highest BCUT2D eigenvalue weighted by molar-refractivity contribution is 5.88. The van der Waals surface area contributed by atoms with Crippen LogP contribution in [0.3, 0.4) is 0 Å². The minimum atomic E-state index is -0.242. The topological polar surface area (TPSA) is 42.1 Å². The van der Waals surface area contributed by atoms with E-state index in [-0.39, 0.29) is 5.97 Å². The van der Waals surface area contributed by atoms with Crippen LogP contribution in [-0.2, 0) is 17.6 Å². The van der Waals surface area contributed by atoms with Gasteiger partial charge < -0.3 is 9.72 Å². The summed E-state index contributed by atoms with van der Waals surface area (Å²) in [6.07, 6.45) is 4.44. The van der Waals surface area contributed by atoms with Crippen LogP contribution in [0.15, 0.2) is 36.4 Å². The molecule has 0 bridgehead atoms. The van der Waals surface area contributed by atoms with Gasteiger partial charge >= 0.3 is 5.97 Å². The fourth-order valence-electron chi connectivity index (χ4n) is 3.15. The second-order valence-electron chi connectivity index (χ2n) is 5.60. The van der Waals surface area contributed by atoms with Gasteiger partial charge in [-0.15, -0.1) is 0 Å². The average Bonchev–Trinajstić information content (AvgIpc) is 3.07. The van der Waals surface area contributed by atoms with Crippen molar-refractivity contribution in [3.63, 3.8) is 0 Å². The van der Waals surface area contributed by atoms with Gasteiger partial charge in [0.1, 0.15) is 5.69 Å². The number of aromatic amines is 1. The van der Waals surface area contributed by atoms with E-state index in [4.69, 9.17) is 4.74 Å². The van der Waals surface area contributed by atoms with Crippen LogP contribution in [0.1, 0.15) is 53.0 Å². The highest BCUT2D eigenvalue weighted by Gasteiger charge is 2.26. The third-order valence-electron chi connectivity index (χ3n) is 4.22. The van der Waals surface area contributed by atoms with Crippen LogP contribution in [0.2, 0.25) is 0 Å². The Hall–Kier alpha value is -2.03. The monoisotopic (exact) mass is 283 g/mol. The second-order valence-corrected chi connectivity index (χ2v) is 5.60. The van der Waals surface area contributed by atoms with Crippen LogP contribution in [0, 0.1) is 0 Å². The molecule has 0 saturated heterocycles. The van der Waals surface area contributed by atoms with E-state index in [1.807, 2.05) is 19.1 Å². The van der Waals surface area contributed by atoms with Crippen LogP contribution in [0.25, 0.3) is 0 Å². The van der Waals surface area contributed by atoms with Crippen molar-refractivity contribution in [1.29, 1.82) is 0 Å². The number of aromatic nitrogens is 1. The van der Waals surface area contributed by atoms with E-state index >= 15 is 0 Å². The molecule has 0 fully saturated rings. The highest BCUT2D eigenvalue weighted by atomic mass is 16.5. The minimum absolute atomic E-state index is 0.242. The molecule has 1 aromatic heterocycles. The molecule has 1 aliphatic rings. The number of carbonyl (C=O) groups excluding carboxylic acids is 1. The Balaban J connectivity index is 1.67. The maximum absolute atomic E-state index is 11.8. The van der Waals surface area contributed by atoms with Gasteiger partial charge in [-0.2, -0.15) is 0 Å². The van der Waals surface area contributed by atoms with Gasteiger partial charge in [-0.1, -0.05) is 30.3 Å². The zero-order valence-corrected chi connectivity index (χ0v) is 12.4. The standard InChI is InChI=1S/C18H21NO2/c1-2-21-18(20)16-12-15-11-10-14(17(15)19-16)9-8-13-6-4-3-5-7-13/h3-7,12,14,19H,2,8-11H2,1H3/t14-/m1/s1. The minimum Gasteiger partial charge on any atom is -0.461 e. The third-order valence-corrected chi connectivity index (χ3v) is 4.22. The normalized spacial score (nSPS) is 16.7. The van der Waals surface area contributed by atoms with E-state index in [0.717, 1.165) is 19.3 Å². The Labute approximate surface area is 125 Å². The Bertz CT molecular complexity index is 615. The lowest BCUT2D eigenvalue weighted by molar-refractivity contribution is 0.0520. The predicted molar refractivity (Wildman–Crippen MR) is 82.6 cm³/mol. The molecule has 0 unspecified atom stereocenters. The number of nitrogens with one attached hydrogen (secondary N) is 1. The fourth-order valence-corrected chi connectivity index (χ4v) is 3.15. The van der Waals surface area contributed by atoms with Crippen molar-refractivity contribution in [1.82, 2.24) is 4.98 Å². The molecule has 1 N–H and O–H groups in total. The average molecular weight is 283 g/mol. The smallest absolute Gasteiger partial charge is 0.354 e. The van der Waals surface area contributed by atoms with Crippen molar-refractivity contribution in [3.8, 4) is 0 Å². The van der Waals surface area contributed by atoms with Crippen LogP contribution >= 0.6 is 0 Å². The van der Waals surface area contributed by atoms with E-state index in [9.17, 15) is 4.79 Å². The summed E-state index contributed by atoms with van der Waals surface area (Å²) in [7, 11) is 0. The number of ether oxygens (including phenoxy) is 1. The quantitative estimate of drug-likeness (QED) is 0.847. The summed E-state index contributed by atoms with van der Waals surface area (Å²) in [6.45, 7) is 2.25. The van der Waals surface area contributed by atoms with Gasteiger partial charge in [0.2, 0.25) is 0 Å². The van der Waals surface area contributed by atoms with E-state index in [0.29, 0.717) is 18.2 Å². The molecule has 3 nitrogen and oxygen atoms in total. The summed E-state index contributed by atoms with van der Waals surface area (Å²) in [5, 5.41) is 0. The van der Waals surface area contributed by atoms with Crippen molar-refractivity contribution in [2.75, 3.05) is 6.61 Å². The maximum atomic E-state index is 11.8. The van der Waals surface area contributed by atoms with Crippen molar-refractivity contribution in [3.05, 3.63) is 58.9 Å². The first-order chi connectivity index (χ1) is 10.3. The molecular formula is C18H21NO2. The maximum Gasteiger partial charge on any atom is 0.354 e. The van der Waals surface area contributed by atoms with Gasteiger partial charge in [0.15, 0.2) is 0 Å². The molecule has 0 radical (unpaired) electrons. The van der Waals surface area contributed by atoms with Gasteiger partial charge in [0.25, 0.3) is 0 Å². The third kappa shape index (κ3) is 3.02. The van der Waals surface area contributed by atoms with Gasteiger partial charge in [-0.3, -0.25) is 0 Å². The Morgan fingerprint density at radius 1 is 1.33 bits per heavy atom. The van der Waals surface area contributed by atoms with Crippen molar-refractivity contribution >= 4 is 5.97 Å². The number of hydrogen-bond acceptors (Lipinski definition) is 2. The molecule has 3 rings (SSSR count). The first kappa shape index (κ1) is 13.9. The highest BCUT2D eigenvalue weighted by Crippen LogP contribution is 2.36. The number of fused-ring (bicyclic) bond motifs is 1. The Morgan fingerprint density at radius 2 is 2.14 bits per heavy atom. The number of esters is 1. The number of benzene rings is 1. The van der Waals surface area contributed by atoms with Crippen molar-refractivity contribution in [2.24, 2.45) is 0 Å². The largest absolute Gasteiger partial charge is 0.461 e. The molecule has 3 heteroatoms. The SMILES string of the molecule is CCOC(=O)c1cc2c([nH]1)[C@H](CCc1ccccc1)CC2. The fraction of sp³-hybridized carbons (Fsp3) is 0.389. The first-order valence-electron chi connectivity index (χ1n) is 7.70. The summed E-state index contributed by atoms with van der Waals surface area (Å²) in [4.78, 5) is 15.1. The van der Waals surface area contributed by atoms with Gasteiger partial charge in [-0.05, 0) is 55.7 Å². The molecular weight excluding hydrogens is 262 g/mol.